The largest absolute Gasteiger partial charge is 0.352 e. The van der Waals surface area contributed by atoms with Gasteiger partial charge >= 0.3 is 0 Å². The second-order valence-corrected chi connectivity index (χ2v) is 8.71. The molecule has 1 aliphatic carbocycles. The van der Waals surface area contributed by atoms with Gasteiger partial charge in [0.2, 0.25) is 11.8 Å². The average molecular weight is 427 g/mol. The molecule has 30 heavy (non-hydrogen) atoms. The molecule has 0 aliphatic heterocycles. The molecule has 1 atom stereocenters. The number of nitrogens with one attached hydrogen (secondary N) is 1. The van der Waals surface area contributed by atoms with Gasteiger partial charge in [-0.05, 0) is 55.5 Å². The first kappa shape index (κ1) is 22.4. The second kappa shape index (κ2) is 10.6. The number of hydrogen-bond donors (Lipinski definition) is 1. The van der Waals surface area contributed by atoms with Gasteiger partial charge in [0.05, 0.1) is 6.42 Å². The monoisotopic (exact) mass is 426 g/mol. The van der Waals surface area contributed by atoms with Crippen LogP contribution in [0, 0.1) is 6.92 Å². The van der Waals surface area contributed by atoms with E-state index in [4.69, 9.17) is 11.6 Å². The molecule has 1 fully saturated rings. The van der Waals surface area contributed by atoms with Crippen molar-refractivity contribution in [2.45, 2.75) is 71.0 Å². The zero-order valence-electron chi connectivity index (χ0n) is 17.9. The Hall–Kier alpha value is -2.33. The summed E-state index contributed by atoms with van der Waals surface area (Å²) in [6, 6.07) is 15.0. The molecule has 1 saturated carbocycles. The van der Waals surface area contributed by atoms with E-state index in [1.165, 1.54) is 6.42 Å². The highest BCUT2D eigenvalue weighted by Crippen LogP contribution is 2.20. The van der Waals surface area contributed by atoms with E-state index in [1.807, 2.05) is 50.2 Å². The number of carbonyl (C=O) groups excluding carboxylic acids is 2. The predicted octanol–water partition coefficient (Wildman–Crippen LogP) is 5.06. The standard InChI is InChI=1S/C25H31ClN2O2/c1-18-9-6-7-11-21(18)17-28(24(29)16-20-10-8-12-22(26)15-20)19(2)25(30)27-23-13-4-3-5-14-23/h6-12,15,19,23H,3-5,13-14,16-17H2,1-2H3,(H,27,30)/t19-/m0/s1. The molecule has 2 aromatic carbocycles. The Bertz CT molecular complexity index is 877. The summed E-state index contributed by atoms with van der Waals surface area (Å²) in [4.78, 5) is 28.0. The number of nitrogens with zero attached hydrogens (tertiary/aromatic N) is 1. The maximum atomic E-state index is 13.3. The average Bonchev–Trinajstić information content (AvgIpc) is 2.73. The fourth-order valence-electron chi connectivity index (χ4n) is 4.05. The summed E-state index contributed by atoms with van der Waals surface area (Å²) in [5.41, 5.74) is 3.01. The molecule has 0 heterocycles. The van der Waals surface area contributed by atoms with Crippen LogP contribution in [0.3, 0.4) is 0 Å². The molecule has 1 N–H and O–H groups in total. The topological polar surface area (TPSA) is 49.4 Å². The van der Waals surface area contributed by atoms with Crippen molar-refractivity contribution in [1.82, 2.24) is 10.2 Å². The van der Waals surface area contributed by atoms with Gasteiger partial charge in [0, 0.05) is 17.6 Å². The number of amides is 2. The Morgan fingerprint density at radius 3 is 2.53 bits per heavy atom. The number of hydrogen-bond acceptors (Lipinski definition) is 2. The molecule has 2 amide bonds. The van der Waals surface area contributed by atoms with Crippen LogP contribution in [-0.4, -0.2) is 28.8 Å². The molecule has 2 aromatic rings. The van der Waals surface area contributed by atoms with E-state index in [-0.39, 0.29) is 24.3 Å². The smallest absolute Gasteiger partial charge is 0.242 e. The van der Waals surface area contributed by atoms with E-state index in [2.05, 4.69) is 5.32 Å². The van der Waals surface area contributed by atoms with E-state index in [1.54, 1.807) is 17.0 Å². The summed E-state index contributed by atoms with van der Waals surface area (Å²) in [6.07, 6.45) is 5.80. The van der Waals surface area contributed by atoms with Crippen molar-refractivity contribution in [3.63, 3.8) is 0 Å². The van der Waals surface area contributed by atoms with Gasteiger partial charge in [0.25, 0.3) is 0 Å². The number of aryl methyl sites for hydroxylation is 1. The first-order chi connectivity index (χ1) is 14.4. The van der Waals surface area contributed by atoms with Crippen LogP contribution in [0.2, 0.25) is 5.02 Å². The quantitative estimate of drug-likeness (QED) is 0.672. The Balaban J connectivity index is 1.77. The Labute approximate surface area is 184 Å². The molecule has 3 rings (SSSR count). The summed E-state index contributed by atoms with van der Waals surface area (Å²) >= 11 is 6.09. The van der Waals surface area contributed by atoms with Crippen molar-refractivity contribution in [1.29, 1.82) is 0 Å². The third-order valence-corrected chi connectivity index (χ3v) is 6.20. The van der Waals surface area contributed by atoms with Gasteiger partial charge in [-0.3, -0.25) is 9.59 Å². The number of carbonyl (C=O) groups is 2. The molecular formula is C25H31ClN2O2. The molecular weight excluding hydrogens is 396 g/mol. The van der Waals surface area contributed by atoms with Crippen LogP contribution in [0.15, 0.2) is 48.5 Å². The van der Waals surface area contributed by atoms with Gasteiger partial charge in [-0.1, -0.05) is 67.3 Å². The molecule has 160 valence electrons. The third kappa shape index (κ3) is 6.09. The molecule has 0 aromatic heterocycles. The molecule has 1 aliphatic rings. The normalized spacial score (nSPS) is 15.4. The lowest BCUT2D eigenvalue weighted by Gasteiger charge is -2.31. The summed E-state index contributed by atoms with van der Waals surface area (Å²) in [7, 11) is 0. The van der Waals surface area contributed by atoms with E-state index in [9.17, 15) is 9.59 Å². The van der Waals surface area contributed by atoms with Crippen LogP contribution in [0.25, 0.3) is 0 Å². The van der Waals surface area contributed by atoms with Crippen LogP contribution < -0.4 is 5.32 Å². The van der Waals surface area contributed by atoms with Crippen molar-refractivity contribution in [3.05, 3.63) is 70.2 Å². The van der Waals surface area contributed by atoms with Gasteiger partial charge in [0.15, 0.2) is 0 Å². The molecule has 0 spiro atoms. The summed E-state index contributed by atoms with van der Waals surface area (Å²) in [5, 5.41) is 3.78. The Morgan fingerprint density at radius 2 is 1.83 bits per heavy atom. The van der Waals surface area contributed by atoms with E-state index in [0.29, 0.717) is 11.6 Å². The highest BCUT2D eigenvalue weighted by molar-refractivity contribution is 6.30. The first-order valence-electron chi connectivity index (χ1n) is 10.8. The number of rotatable bonds is 7. The number of halogens is 1. The third-order valence-electron chi connectivity index (χ3n) is 5.97. The minimum Gasteiger partial charge on any atom is -0.352 e. The molecule has 5 heteroatoms. The van der Waals surface area contributed by atoms with Gasteiger partial charge in [-0.2, -0.15) is 0 Å². The van der Waals surface area contributed by atoms with Crippen molar-refractivity contribution >= 4 is 23.4 Å². The van der Waals surface area contributed by atoms with Crippen molar-refractivity contribution in [3.8, 4) is 0 Å². The molecule has 0 unspecified atom stereocenters. The summed E-state index contributed by atoms with van der Waals surface area (Å²) < 4.78 is 0. The first-order valence-corrected chi connectivity index (χ1v) is 11.2. The lowest BCUT2D eigenvalue weighted by Crippen LogP contribution is -2.50. The van der Waals surface area contributed by atoms with Gasteiger partial charge in [-0.25, -0.2) is 0 Å². The molecule has 0 saturated heterocycles. The van der Waals surface area contributed by atoms with Crippen molar-refractivity contribution in [2.24, 2.45) is 0 Å². The summed E-state index contributed by atoms with van der Waals surface area (Å²) in [5.74, 6) is -0.151. The Morgan fingerprint density at radius 1 is 1.10 bits per heavy atom. The Kier molecular flexibility index (Phi) is 7.92. The molecule has 0 bridgehead atoms. The highest BCUT2D eigenvalue weighted by atomic mass is 35.5. The highest BCUT2D eigenvalue weighted by Gasteiger charge is 2.28. The predicted molar refractivity (Wildman–Crippen MR) is 121 cm³/mol. The van der Waals surface area contributed by atoms with Crippen LogP contribution in [0.1, 0.15) is 55.7 Å². The van der Waals surface area contributed by atoms with E-state index in [0.717, 1.165) is 42.4 Å². The summed E-state index contributed by atoms with van der Waals surface area (Å²) in [6.45, 7) is 4.26. The SMILES string of the molecule is Cc1ccccc1CN(C(=O)Cc1cccc(Cl)c1)[C@@H](C)C(=O)NC1CCCCC1. The molecule has 4 nitrogen and oxygen atoms in total. The van der Waals surface area contributed by atoms with E-state index >= 15 is 0 Å². The van der Waals surface area contributed by atoms with Gasteiger partial charge < -0.3 is 10.2 Å². The van der Waals surface area contributed by atoms with Crippen LogP contribution in [-0.2, 0) is 22.6 Å². The lowest BCUT2D eigenvalue weighted by atomic mass is 9.95. The van der Waals surface area contributed by atoms with Crippen LogP contribution in [0.5, 0.6) is 0 Å². The van der Waals surface area contributed by atoms with Crippen LogP contribution >= 0.6 is 11.6 Å². The van der Waals surface area contributed by atoms with Crippen LogP contribution in [0.4, 0.5) is 0 Å². The minimum atomic E-state index is -0.543. The van der Waals surface area contributed by atoms with E-state index < -0.39 is 6.04 Å². The lowest BCUT2D eigenvalue weighted by molar-refractivity contribution is -0.140. The van der Waals surface area contributed by atoms with Crippen molar-refractivity contribution < 1.29 is 9.59 Å². The molecule has 0 radical (unpaired) electrons. The maximum absolute atomic E-state index is 13.3. The zero-order valence-corrected chi connectivity index (χ0v) is 18.6. The fourth-order valence-corrected chi connectivity index (χ4v) is 4.26. The number of benzene rings is 2. The zero-order chi connectivity index (χ0) is 21.5. The van der Waals surface area contributed by atoms with Gasteiger partial charge in [-0.15, -0.1) is 0 Å². The van der Waals surface area contributed by atoms with Gasteiger partial charge in [0.1, 0.15) is 6.04 Å². The minimum absolute atomic E-state index is 0.0741. The maximum Gasteiger partial charge on any atom is 0.242 e. The second-order valence-electron chi connectivity index (χ2n) is 8.27. The van der Waals surface area contributed by atoms with Crippen molar-refractivity contribution in [2.75, 3.05) is 0 Å². The fraction of sp³-hybridized carbons (Fsp3) is 0.440.